The van der Waals surface area contributed by atoms with E-state index in [1.807, 2.05) is 18.5 Å². The number of carbonyl (C=O) groups is 1. The van der Waals surface area contributed by atoms with Crippen LogP contribution >= 0.6 is 0 Å². The normalized spacial score (nSPS) is 16.1. The molecule has 2 aromatic heterocycles. The summed E-state index contributed by atoms with van der Waals surface area (Å²) in [5, 5.41) is 0.551. The van der Waals surface area contributed by atoms with Crippen LogP contribution in [0.15, 0.2) is 42.7 Å². The molecule has 2 aromatic carbocycles. The van der Waals surface area contributed by atoms with Crippen LogP contribution < -0.4 is 10.6 Å². The third kappa shape index (κ3) is 3.48. The minimum atomic E-state index is -0.705. The quantitative estimate of drug-likeness (QED) is 0.448. The average molecular weight is 480 g/mol. The molecule has 1 atom stereocenters. The summed E-state index contributed by atoms with van der Waals surface area (Å²) in [6, 6.07) is 6.54. The summed E-state index contributed by atoms with van der Waals surface area (Å²) in [6.07, 6.45) is 1.36. The molecule has 10 heteroatoms. The molecule has 0 aliphatic carbocycles. The van der Waals surface area contributed by atoms with Crippen LogP contribution in [0.4, 0.5) is 29.5 Å². The number of hydrogen-bond donors (Lipinski definition) is 1. The van der Waals surface area contributed by atoms with Crippen LogP contribution in [0.1, 0.15) is 24.2 Å². The van der Waals surface area contributed by atoms with E-state index in [2.05, 4.69) is 9.97 Å². The van der Waals surface area contributed by atoms with E-state index >= 15 is 4.39 Å². The summed E-state index contributed by atoms with van der Waals surface area (Å²) in [6.45, 7) is 3.93. The maximum atomic E-state index is 15.5. The zero-order valence-corrected chi connectivity index (χ0v) is 19.4. The molecule has 180 valence electrons. The molecule has 0 spiro atoms. The molecule has 2 amide bonds. The van der Waals surface area contributed by atoms with Gasteiger partial charge in [-0.15, -0.1) is 0 Å². The molecule has 1 aliphatic heterocycles. The molecule has 1 unspecified atom stereocenters. The smallest absolute Gasteiger partial charge is 0.325 e. The predicted molar refractivity (Wildman–Crippen MR) is 127 cm³/mol. The lowest BCUT2D eigenvalue weighted by Crippen LogP contribution is -2.32. The van der Waals surface area contributed by atoms with E-state index < -0.39 is 29.5 Å². The van der Waals surface area contributed by atoms with E-state index in [4.69, 9.17) is 5.73 Å². The molecule has 3 heterocycles. The molecule has 1 saturated heterocycles. The second-order valence-electron chi connectivity index (χ2n) is 8.50. The van der Waals surface area contributed by atoms with Crippen LogP contribution in [0.25, 0.3) is 22.2 Å². The first kappa shape index (κ1) is 22.7. The van der Waals surface area contributed by atoms with Crippen molar-refractivity contribution in [1.82, 2.24) is 19.4 Å². The van der Waals surface area contributed by atoms with Crippen molar-refractivity contribution in [2.24, 2.45) is 7.05 Å². The lowest BCUT2D eigenvalue weighted by molar-refractivity contribution is 0.208. The minimum Gasteiger partial charge on any atom is -0.383 e. The van der Waals surface area contributed by atoms with Crippen LogP contribution in [-0.4, -0.2) is 38.6 Å². The van der Waals surface area contributed by atoms with Gasteiger partial charge in [0, 0.05) is 41.7 Å². The van der Waals surface area contributed by atoms with Gasteiger partial charge in [-0.2, -0.15) is 0 Å². The van der Waals surface area contributed by atoms with Gasteiger partial charge in [-0.1, -0.05) is 0 Å². The first-order valence-electron chi connectivity index (χ1n) is 11.1. The molecule has 35 heavy (non-hydrogen) atoms. The van der Waals surface area contributed by atoms with Gasteiger partial charge in [-0.05, 0) is 50.2 Å². The number of urea groups is 1. The third-order valence-electron chi connectivity index (χ3n) is 6.69. The molecule has 0 bridgehead atoms. The Hall–Kier alpha value is -4.08. The lowest BCUT2D eigenvalue weighted by atomic mass is 10.0. The fraction of sp³-hybridized carbons (Fsp3) is 0.240. The Morgan fingerprint density at radius 2 is 1.86 bits per heavy atom. The highest BCUT2D eigenvalue weighted by Crippen LogP contribution is 2.39. The van der Waals surface area contributed by atoms with Crippen molar-refractivity contribution in [3.05, 3.63) is 71.4 Å². The molecule has 7 nitrogen and oxygen atoms in total. The summed E-state index contributed by atoms with van der Waals surface area (Å²) >= 11 is 0. The molecule has 2 N–H and O–H groups in total. The number of rotatable bonds is 4. The van der Waals surface area contributed by atoms with Gasteiger partial charge in [-0.3, -0.25) is 4.90 Å². The van der Waals surface area contributed by atoms with Gasteiger partial charge >= 0.3 is 6.03 Å². The second kappa shape index (κ2) is 8.30. The summed E-state index contributed by atoms with van der Waals surface area (Å²) in [5.41, 5.74) is 8.71. The number of anilines is 2. The maximum Gasteiger partial charge on any atom is 0.325 e. The number of likely N-dealkylation sites (N-methyl/N-ethyl adjacent to an activating group) is 1. The minimum absolute atomic E-state index is 0.0555. The average Bonchev–Trinajstić information content (AvgIpc) is 3.30. The highest BCUT2D eigenvalue weighted by Gasteiger charge is 2.39. The van der Waals surface area contributed by atoms with E-state index in [1.54, 1.807) is 19.1 Å². The van der Waals surface area contributed by atoms with Crippen molar-refractivity contribution >= 4 is 28.6 Å². The Kier molecular flexibility index (Phi) is 5.38. The summed E-state index contributed by atoms with van der Waals surface area (Å²) in [5.74, 6) is -1.51. The first-order valence-corrected chi connectivity index (χ1v) is 11.1. The van der Waals surface area contributed by atoms with Gasteiger partial charge in [-0.25, -0.2) is 27.9 Å². The lowest BCUT2D eigenvalue weighted by Gasteiger charge is -2.22. The molecule has 1 aliphatic rings. The summed E-state index contributed by atoms with van der Waals surface area (Å²) in [4.78, 5) is 24.3. The van der Waals surface area contributed by atoms with Crippen molar-refractivity contribution in [1.29, 1.82) is 0 Å². The van der Waals surface area contributed by atoms with Crippen LogP contribution in [0.2, 0.25) is 0 Å². The Bertz CT molecular complexity index is 1480. The first-order chi connectivity index (χ1) is 16.7. The monoisotopic (exact) mass is 480 g/mol. The zero-order chi connectivity index (χ0) is 25.0. The van der Waals surface area contributed by atoms with Crippen LogP contribution in [0, 0.1) is 24.4 Å². The standard InChI is InChI=1S/C25H23F3N6O/c1-4-33-20(17-9-14(26)5-8-18(17)27)11-34(25(33)35)15-6-7-16(19(28)10-15)21-13(2)32(3)24-22(21)23(29)30-12-31-24/h5-10,12,20H,4,11H2,1-3H3,(H2,29,30,31). The Labute approximate surface area is 199 Å². The molecular formula is C25H23F3N6O. The highest BCUT2D eigenvalue weighted by atomic mass is 19.1. The van der Waals surface area contributed by atoms with Crippen molar-refractivity contribution < 1.29 is 18.0 Å². The number of carbonyl (C=O) groups excluding carboxylic acids is 1. The number of halogens is 3. The van der Waals surface area contributed by atoms with Gasteiger partial charge in [0.25, 0.3) is 0 Å². The fourth-order valence-electron chi connectivity index (χ4n) is 4.84. The molecule has 5 rings (SSSR count). The number of fused-ring (bicyclic) bond motifs is 1. The van der Waals surface area contributed by atoms with E-state index in [9.17, 15) is 13.6 Å². The zero-order valence-electron chi connectivity index (χ0n) is 19.4. The topological polar surface area (TPSA) is 80.3 Å². The van der Waals surface area contributed by atoms with Crippen molar-refractivity contribution in [2.75, 3.05) is 23.7 Å². The van der Waals surface area contributed by atoms with E-state index in [-0.39, 0.29) is 24.5 Å². The van der Waals surface area contributed by atoms with Crippen molar-refractivity contribution in [3.8, 4) is 11.1 Å². The van der Waals surface area contributed by atoms with E-state index in [1.165, 1.54) is 22.2 Å². The van der Waals surface area contributed by atoms with Gasteiger partial charge in [0.15, 0.2) is 0 Å². The number of nitrogens with zero attached hydrogens (tertiary/aromatic N) is 5. The molecule has 1 fully saturated rings. The highest BCUT2D eigenvalue weighted by molar-refractivity contribution is 6.03. The van der Waals surface area contributed by atoms with E-state index in [0.717, 1.165) is 23.9 Å². The molecule has 4 aromatic rings. The van der Waals surface area contributed by atoms with Gasteiger partial charge in [0.05, 0.1) is 18.0 Å². The summed E-state index contributed by atoms with van der Waals surface area (Å²) < 4.78 is 45.7. The molecular weight excluding hydrogens is 457 g/mol. The number of aryl methyl sites for hydroxylation is 1. The summed E-state index contributed by atoms with van der Waals surface area (Å²) in [7, 11) is 1.81. The van der Waals surface area contributed by atoms with Crippen LogP contribution in [0.3, 0.4) is 0 Å². The number of nitrogen functional groups attached to an aromatic ring is 1. The number of aromatic nitrogens is 3. The second-order valence-corrected chi connectivity index (χ2v) is 8.50. The SMILES string of the molecule is CCN1C(=O)N(c2ccc(-c3c(C)n(C)c4ncnc(N)c34)c(F)c2)CC1c1cc(F)ccc1F. The Morgan fingerprint density at radius 3 is 2.57 bits per heavy atom. The largest absolute Gasteiger partial charge is 0.383 e. The third-order valence-corrected chi connectivity index (χ3v) is 6.69. The predicted octanol–water partition coefficient (Wildman–Crippen LogP) is 4.95. The Balaban J connectivity index is 1.56. The molecule has 0 radical (unpaired) electrons. The van der Waals surface area contributed by atoms with Crippen molar-refractivity contribution in [2.45, 2.75) is 19.9 Å². The van der Waals surface area contributed by atoms with E-state index in [0.29, 0.717) is 27.8 Å². The molecule has 0 saturated carbocycles. The van der Waals surface area contributed by atoms with Gasteiger partial charge < -0.3 is 15.2 Å². The number of amides is 2. The Morgan fingerprint density at radius 1 is 1.09 bits per heavy atom. The van der Waals surface area contributed by atoms with Gasteiger partial charge in [0.2, 0.25) is 0 Å². The number of hydrogen-bond acceptors (Lipinski definition) is 4. The maximum absolute atomic E-state index is 15.5. The number of nitrogens with two attached hydrogens (primary N) is 1. The van der Waals surface area contributed by atoms with Gasteiger partial charge in [0.1, 0.15) is 35.2 Å². The van der Waals surface area contributed by atoms with Crippen LogP contribution in [0.5, 0.6) is 0 Å². The number of benzene rings is 2. The fourth-order valence-corrected chi connectivity index (χ4v) is 4.84. The van der Waals surface area contributed by atoms with Crippen molar-refractivity contribution in [3.63, 3.8) is 0 Å². The van der Waals surface area contributed by atoms with Crippen LogP contribution in [-0.2, 0) is 7.05 Å².